The molecule has 3 rings (SSSR count). The third-order valence-electron chi connectivity index (χ3n) is 6.39. The van der Waals surface area contributed by atoms with Crippen molar-refractivity contribution in [3.8, 4) is 0 Å². The summed E-state index contributed by atoms with van der Waals surface area (Å²) in [5, 5.41) is 0. The average Bonchev–Trinajstić information content (AvgIpc) is 3.03. The van der Waals surface area contributed by atoms with E-state index in [2.05, 4.69) is 6.92 Å². The van der Waals surface area contributed by atoms with Gasteiger partial charge in [-0.25, -0.2) is 0 Å². The van der Waals surface area contributed by atoms with Gasteiger partial charge in [0.1, 0.15) is 0 Å². The molecule has 1 saturated heterocycles. The van der Waals surface area contributed by atoms with Crippen LogP contribution in [0.4, 0.5) is 0 Å². The summed E-state index contributed by atoms with van der Waals surface area (Å²) < 4.78 is 35.5. The van der Waals surface area contributed by atoms with Gasteiger partial charge in [0.15, 0.2) is 0 Å². The van der Waals surface area contributed by atoms with E-state index in [9.17, 15) is 8.42 Å². The van der Waals surface area contributed by atoms with E-state index >= 15 is 0 Å². The highest BCUT2D eigenvalue weighted by atomic mass is 32.2. The van der Waals surface area contributed by atoms with Gasteiger partial charge >= 0.3 is 0 Å². The van der Waals surface area contributed by atoms with Crippen LogP contribution in [0.3, 0.4) is 0 Å². The highest BCUT2D eigenvalue weighted by Gasteiger charge is 2.60. The molecule has 0 aromatic carbocycles. The Hall–Kier alpha value is -0.170. The van der Waals surface area contributed by atoms with Crippen molar-refractivity contribution in [2.24, 2.45) is 11.3 Å². The SMILES string of the molecule is CCO[C@@H]1C[C@@H](N(C)S(=O)(=O)N2CCC[C@H](C)C2)C12CCCC2. The second-order valence-electron chi connectivity index (χ2n) is 7.77. The maximum atomic E-state index is 13.1. The molecule has 0 amide bonds. The Morgan fingerprint density at radius 1 is 1.26 bits per heavy atom. The molecule has 5 nitrogen and oxygen atoms in total. The van der Waals surface area contributed by atoms with E-state index in [0.717, 1.165) is 38.7 Å². The first-order valence-corrected chi connectivity index (χ1v) is 10.7. The normalized spacial score (nSPS) is 34.9. The molecule has 0 unspecified atom stereocenters. The summed E-state index contributed by atoms with van der Waals surface area (Å²) in [5.41, 5.74) is 0.0687. The summed E-state index contributed by atoms with van der Waals surface area (Å²) >= 11 is 0. The van der Waals surface area contributed by atoms with E-state index < -0.39 is 10.2 Å². The van der Waals surface area contributed by atoms with Crippen LogP contribution in [0.2, 0.25) is 0 Å². The van der Waals surface area contributed by atoms with Crippen molar-refractivity contribution in [2.75, 3.05) is 26.7 Å². The number of hydrogen-bond donors (Lipinski definition) is 0. The fourth-order valence-corrected chi connectivity index (χ4v) is 6.84. The van der Waals surface area contributed by atoms with Crippen LogP contribution in [-0.4, -0.2) is 55.9 Å². The van der Waals surface area contributed by atoms with E-state index in [0.29, 0.717) is 19.0 Å². The Morgan fingerprint density at radius 2 is 1.96 bits per heavy atom. The molecule has 0 aromatic rings. The highest BCUT2D eigenvalue weighted by Crippen LogP contribution is 2.57. The van der Waals surface area contributed by atoms with Crippen LogP contribution in [0, 0.1) is 11.3 Å². The maximum Gasteiger partial charge on any atom is 0.282 e. The molecule has 1 aliphatic heterocycles. The monoisotopic (exact) mass is 344 g/mol. The van der Waals surface area contributed by atoms with Crippen LogP contribution in [0.5, 0.6) is 0 Å². The van der Waals surface area contributed by atoms with Crippen molar-refractivity contribution in [3.05, 3.63) is 0 Å². The molecule has 1 spiro atoms. The standard InChI is InChI=1S/C17H32N2O3S/c1-4-22-16-12-15(17(16)9-5-6-10-17)18(3)23(20,21)19-11-7-8-14(2)13-19/h14-16H,4-13H2,1-3H3/t14-,15+,16+/m0/s1. The van der Waals surface area contributed by atoms with Gasteiger partial charge in [0.25, 0.3) is 10.2 Å². The predicted molar refractivity (Wildman–Crippen MR) is 91.4 cm³/mol. The van der Waals surface area contributed by atoms with Crippen LogP contribution in [0.1, 0.15) is 58.8 Å². The first-order valence-electron chi connectivity index (χ1n) is 9.26. The fraction of sp³-hybridized carbons (Fsp3) is 1.00. The lowest BCUT2D eigenvalue weighted by Gasteiger charge is -2.57. The van der Waals surface area contributed by atoms with Crippen molar-refractivity contribution in [1.82, 2.24) is 8.61 Å². The third kappa shape index (κ3) is 2.96. The predicted octanol–water partition coefficient (Wildman–Crippen LogP) is 2.63. The number of piperidine rings is 1. The molecule has 3 fully saturated rings. The van der Waals surface area contributed by atoms with E-state index in [1.165, 1.54) is 12.8 Å². The number of hydrogen-bond acceptors (Lipinski definition) is 3. The molecule has 0 radical (unpaired) electrons. The van der Waals surface area contributed by atoms with Crippen LogP contribution in [0.15, 0.2) is 0 Å². The van der Waals surface area contributed by atoms with Gasteiger partial charge in [-0.15, -0.1) is 0 Å². The Kier molecular flexibility index (Phi) is 5.08. The molecular weight excluding hydrogens is 312 g/mol. The second-order valence-corrected chi connectivity index (χ2v) is 9.75. The lowest BCUT2D eigenvalue weighted by Crippen LogP contribution is -2.65. The first-order chi connectivity index (χ1) is 10.9. The minimum absolute atomic E-state index is 0.0687. The van der Waals surface area contributed by atoms with E-state index in [1.807, 2.05) is 6.92 Å². The zero-order valence-corrected chi connectivity index (χ0v) is 15.6. The molecule has 1 heterocycles. The van der Waals surface area contributed by atoms with Gasteiger partial charge in [-0.3, -0.25) is 0 Å². The Labute approximate surface area is 141 Å². The number of rotatable bonds is 5. The van der Waals surface area contributed by atoms with Crippen LogP contribution in [-0.2, 0) is 14.9 Å². The quantitative estimate of drug-likeness (QED) is 0.770. The summed E-state index contributed by atoms with van der Waals surface area (Å²) in [5.74, 6) is 0.463. The minimum Gasteiger partial charge on any atom is -0.378 e. The summed E-state index contributed by atoms with van der Waals surface area (Å²) in [7, 11) is -1.55. The summed E-state index contributed by atoms with van der Waals surface area (Å²) in [6.07, 6.45) is 7.84. The molecule has 0 aromatic heterocycles. The van der Waals surface area contributed by atoms with Gasteiger partial charge in [0.2, 0.25) is 0 Å². The Balaban J connectivity index is 1.75. The van der Waals surface area contributed by atoms with Crippen molar-refractivity contribution in [2.45, 2.75) is 70.9 Å². The van der Waals surface area contributed by atoms with Crippen molar-refractivity contribution >= 4 is 10.2 Å². The zero-order valence-electron chi connectivity index (χ0n) is 14.8. The van der Waals surface area contributed by atoms with Gasteiger partial charge in [0, 0.05) is 38.2 Å². The summed E-state index contributed by atoms with van der Waals surface area (Å²) in [6, 6.07) is 0.115. The molecule has 3 atom stereocenters. The van der Waals surface area contributed by atoms with E-state index in [-0.39, 0.29) is 17.6 Å². The summed E-state index contributed by atoms with van der Waals surface area (Å²) in [6.45, 7) is 6.24. The lowest BCUT2D eigenvalue weighted by molar-refractivity contribution is -0.146. The highest BCUT2D eigenvalue weighted by molar-refractivity contribution is 7.86. The molecule has 0 bridgehead atoms. The minimum atomic E-state index is -3.35. The Morgan fingerprint density at radius 3 is 2.57 bits per heavy atom. The van der Waals surface area contributed by atoms with Crippen molar-refractivity contribution < 1.29 is 13.2 Å². The van der Waals surface area contributed by atoms with Crippen LogP contribution < -0.4 is 0 Å². The molecule has 6 heteroatoms. The molecule has 3 aliphatic rings. The molecule has 2 saturated carbocycles. The number of ether oxygens (including phenoxy) is 1. The average molecular weight is 345 g/mol. The smallest absolute Gasteiger partial charge is 0.282 e. The van der Waals surface area contributed by atoms with Gasteiger partial charge in [-0.05, 0) is 44.9 Å². The van der Waals surface area contributed by atoms with Crippen molar-refractivity contribution in [1.29, 1.82) is 0 Å². The van der Waals surface area contributed by atoms with Gasteiger partial charge < -0.3 is 4.74 Å². The Bertz CT molecular complexity index is 516. The fourth-order valence-electron chi connectivity index (χ4n) is 5.06. The first kappa shape index (κ1) is 17.6. The molecule has 134 valence electrons. The molecular formula is C17H32N2O3S. The maximum absolute atomic E-state index is 13.1. The summed E-state index contributed by atoms with van der Waals surface area (Å²) in [4.78, 5) is 0. The largest absolute Gasteiger partial charge is 0.378 e. The lowest BCUT2D eigenvalue weighted by atomic mass is 9.60. The molecule has 23 heavy (non-hydrogen) atoms. The van der Waals surface area contributed by atoms with E-state index in [1.54, 1.807) is 15.7 Å². The molecule has 0 N–H and O–H groups in total. The van der Waals surface area contributed by atoms with Gasteiger partial charge in [-0.1, -0.05) is 19.8 Å². The van der Waals surface area contributed by atoms with Gasteiger partial charge in [-0.2, -0.15) is 17.0 Å². The van der Waals surface area contributed by atoms with Crippen LogP contribution >= 0.6 is 0 Å². The van der Waals surface area contributed by atoms with E-state index in [4.69, 9.17) is 4.74 Å². The molecule has 2 aliphatic carbocycles. The second kappa shape index (κ2) is 6.62. The zero-order chi connectivity index (χ0) is 16.7. The van der Waals surface area contributed by atoms with Gasteiger partial charge in [0.05, 0.1) is 6.10 Å². The van der Waals surface area contributed by atoms with Crippen LogP contribution in [0.25, 0.3) is 0 Å². The van der Waals surface area contributed by atoms with Crippen molar-refractivity contribution in [3.63, 3.8) is 0 Å². The topological polar surface area (TPSA) is 49.9 Å². The third-order valence-corrected chi connectivity index (χ3v) is 8.36. The number of nitrogens with zero attached hydrogens (tertiary/aromatic N) is 2.